The Hall–Kier alpha value is -0.480. The summed E-state index contributed by atoms with van der Waals surface area (Å²) in [6.45, 7) is 4.51. The molecule has 0 aromatic heterocycles. The smallest absolute Gasteiger partial charge is 0.0240 e. The third kappa shape index (κ3) is 3.35. The molecule has 1 saturated carbocycles. The van der Waals surface area contributed by atoms with E-state index >= 15 is 0 Å². The minimum Gasteiger partial charge on any atom is -0.310 e. The third-order valence-electron chi connectivity index (χ3n) is 3.45. The minimum atomic E-state index is 0.542. The Labute approximate surface area is 88.7 Å². The van der Waals surface area contributed by atoms with Gasteiger partial charge in [-0.25, -0.2) is 0 Å². The van der Waals surface area contributed by atoms with Crippen LogP contribution in [-0.4, -0.2) is 12.1 Å². The fourth-order valence-electron chi connectivity index (χ4n) is 2.39. The Morgan fingerprint density at radius 1 is 1.43 bits per heavy atom. The van der Waals surface area contributed by atoms with Crippen LogP contribution in [-0.2, 0) is 0 Å². The van der Waals surface area contributed by atoms with Crippen LogP contribution in [0, 0.1) is 18.3 Å². The van der Waals surface area contributed by atoms with Gasteiger partial charge in [0.15, 0.2) is 0 Å². The van der Waals surface area contributed by atoms with Crippen molar-refractivity contribution in [3.05, 3.63) is 0 Å². The van der Waals surface area contributed by atoms with E-state index in [4.69, 9.17) is 6.42 Å². The average molecular weight is 193 g/mol. The molecule has 0 amide bonds. The second-order valence-electron chi connectivity index (χ2n) is 4.46. The molecule has 0 saturated heterocycles. The molecule has 0 spiro atoms. The summed E-state index contributed by atoms with van der Waals surface area (Å²) < 4.78 is 0. The van der Waals surface area contributed by atoms with Gasteiger partial charge in [-0.15, -0.1) is 12.3 Å². The van der Waals surface area contributed by atoms with Crippen LogP contribution in [0.2, 0.25) is 0 Å². The second kappa shape index (κ2) is 6.09. The Morgan fingerprint density at radius 3 is 2.71 bits per heavy atom. The molecule has 3 atom stereocenters. The molecule has 0 bridgehead atoms. The summed E-state index contributed by atoms with van der Waals surface area (Å²) in [7, 11) is 0. The number of hydrogen-bond acceptors (Lipinski definition) is 1. The largest absolute Gasteiger partial charge is 0.310 e. The molecule has 1 rings (SSSR count). The molecular weight excluding hydrogens is 170 g/mol. The molecule has 0 radical (unpaired) electrons. The molecular formula is C13H23N. The van der Waals surface area contributed by atoms with Crippen molar-refractivity contribution in [2.45, 2.75) is 64.5 Å². The van der Waals surface area contributed by atoms with E-state index < -0.39 is 0 Å². The van der Waals surface area contributed by atoms with Gasteiger partial charge in [0, 0.05) is 18.5 Å². The molecule has 14 heavy (non-hydrogen) atoms. The van der Waals surface area contributed by atoms with Crippen molar-refractivity contribution in [2.24, 2.45) is 5.92 Å². The van der Waals surface area contributed by atoms with Gasteiger partial charge in [0.2, 0.25) is 0 Å². The van der Waals surface area contributed by atoms with Gasteiger partial charge in [-0.1, -0.05) is 20.3 Å². The van der Waals surface area contributed by atoms with E-state index in [1.807, 2.05) is 0 Å². The van der Waals surface area contributed by atoms with Crippen molar-refractivity contribution in [3.63, 3.8) is 0 Å². The predicted octanol–water partition coefficient (Wildman–Crippen LogP) is 2.96. The fourth-order valence-corrected chi connectivity index (χ4v) is 2.39. The predicted molar refractivity (Wildman–Crippen MR) is 62.1 cm³/mol. The van der Waals surface area contributed by atoms with E-state index in [2.05, 4.69) is 25.1 Å². The third-order valence-corrected chi connectivity index (χ3v) is 3.45. The Balaban J connectivity index is 2.27. The zero-order chi connectivity index (χ0) is 10.4. The first-order chi connectivity index (χ1) is 6.80. The van der Waals surface area contributed by atoms with E-state index in [9.17, 15) is 0 Å². The lowest BCUT2D eigenvalue weighted by Gasteiger charge is -2.20. The average Bonchev–Trinajstić information content (AvgIpc) is 2.65. The fraction of sp³-hybridized carbons (Fsp3) is 0.846. The zero-order valence-electron chi connectivity index (χ0n) is 9.55. The van der Waals surface area contributed by atoms with Crippen LogP contribution >= 0.6 is 0 Å². The van der Waals surface area contributed by atoms with Crippen molar-refractivity contribution in [1.82, 2.24) is 5.32 Å². The first-order valence-electron chi connectivity index (χ1n) is 5.99. The van der Waals surface area contributed by atoms with Gasteiger partial charge in [0.1, 0.15) is 0 Å². The molecule has 1 fully saturated rings. The van der Waals surface area contributed by atoms with E-state index in [0.29, 0.717) is 6.04 Å². The molecule has 80 valence electrons. The lowest BCUT2D eigenvalue weighted by atomic mass is 10.0. The summed E-state index contributed by atoms with van der Waals surface area (Å²) in [6, 6.07) is 1.28. The van der Waals surface area contributed by atoms with Crippen LogP contribution in [0.5, 0.6) is 0 Å². The highest BCUT2D eigenvalue weighted by atomic mass is 15.0. The Morgan fingerprint density at radius 2 is 2.21 bits per heavy atom. The maximum atomic E-state index is 5.34. The topological polar surface area (TPSA) is 12.0 Å². The van der Waals surface area contributed by atoms with Gasteiger partial charge in [0.05, 0.1) is 0 Å². The van der Waals surface area contributed by atoms with E-state index in [0.717, 1.165) is 24.8 Å². The van der Waals surface area contributed by atoms with E-state index in [1.54, 1.807) is 0 Å². The number of rotatable bonds is 5. The monoisotopic (exact) mass is 193 g/mol. The van der Waals surface area contributed by atoms with Gasteiger partial charge >= 0.3 is 0 Å². The quantitative estimate of drug-likeness (QED) is 0.662. The summed E-state index contributed by atoms with van der Waals surface area (Å²) in [4.78, 5) is 0. The van der Waals surface area contributed by atoms with Crippen LogP contribution in [0.3, 0.4) is 0 Å². The van der Waals surface area contributed by atoms with Crippen LogP contribution in [0.4, 0.5) is 0 Å². The highest BCUT2D eigenvalue weighted by Crippen LogP contribution is 2.28. The highest BCUT2D eigenvalue weighted by molar-refractivity contribution is 4.91. The Kier molecular flexibility index (Phi) is 5.04. The summed E-state index contributed by atoms with van der Waals surface area (Å²) in [6.07, 6.45) is 12.8. The molecule has 1 heteroatoms. The molecule has 0 aromatic carbocycles. The lowest BCUT2D eigenvalue weighted by molar-refractivity contribution is 0.410. The maximum Gasteiger partial charge on any atom is 0.0240 e. The molecule has 1 N–H and O–H groups in total. The summed E-state index contributed by atoms with van der Waals surface area (Å²) in [5.41, 5.74) is 0. The molecule has 0 heterocycles. The van der Waals surface area contributed by atoms with Crippen molar-refractivity contribution < 1.29 is 0 Å². The van der Waals surface area contributed by atoms with Gasteiger partial charge in [-0.3, -0.25) is 0 Å². The number of nitrogens with one attached hydrogen (secondary N) is 1. The van der Waals surface area contributed by atoms with Crippen molar-refractivity contribution in [3.8, 4) is 12.3 Å². The van der Waals surface area contributed by atoms with Gasteiger partial charge in [0.25, 0.3) is 0 Å². The normalized spacial score (nSPS) is 28.6. The SMILES string of the molecule is C#CCC(CC)NC1CCC(CC)C1. The second-order valence-corrected chi connectivity index (χ2v) is 4.46. The first kappa shape index (κ1) is 11.6. The van der Waals surface area contributed by atoms with Crippen molar-refractivity contribution in [2.75, 3.05) is 0 Å². The summed E-state index contributed by atoms with van der Waals surface area (Å²) in [5, 5.41) is 3.69. The summed E-state index contributed by atoms with van der Waals surface area (Å²) in [5.74, 6) is 3.71. The highest BCUT2D eigenvalue weighted by Gasteiger charge is 2.24. The van der Waals surface area contributed by atoms with Crippen LogP contribution < -0.4 is 5.32 Å². The number of terminal acetylenes is 1. The van der Waals surface area contributed by atoms with Crippen molar-refractivity contribution >= 4 is 0 Å². The Bertz CT molecular complexity index is 192. The van der Waals surface area contributed by atoms with E-state index in [1.165, 1.54) is 25.7 Å². The number of hydrogen-bond donors (Lipinski definition) is 1. The lowest BCUT2D eigenvalue weighted by Crippen LogP contribution is -2.36. The molecule has 1 aliphatic rings. The van der Waals surface area contributed by atoms with Crippen molar-refractivity contribution in [1.29, 1.82) is 0 Å². The summed E-state index contributed by atoms with van der Waals surface area (Å²) >= 11 is 0. The standard InChI is InChI=1S/C13H23N/c1-4-7-12(6-3)14-13-9-8-11(5-2)10-13/h1,11-14H,5-10H2,2-3H3. The van der Waals surface area contributed by atoms with Gasteiger partial charge in [-0.05, 0) is 31.6 Å². The van der Waals surface area contributed by atoms with Crippen LogP contribution in [0.25, 0.3) is 0 Å². The van der Waals surface area contributed by atoms with Crippen LogP contribution in [0.1, 0.15) is 52.4 Å². The molecule has 0 aromatic rings. The minimum absolute atomic E-state index is 0.542. The zero-order valence-corrected chi connectivity index (χ0v) is 9.55. The molecule has 1 aliphatic carbocycles. The first-order valence-corrected chi connectivity index (χ1v) is 5.99. The van der Waals surface area contributed by atoms with Gasteiger partial charge < -0.3 is 5.32 Å². The molecule has 3 unspecified atom stereocenters. The van der Waals surface area contributed by atoms with E-state index in [-0.39, 0.29) is 0 Å². The molecule has 0 aliphatic heterocycles. The molecule has 1 nitrogen and oxygen atoms in total. The van der Waals surface area contributed by atoms with Gasteiger partial charge in [-0.2, -0.15) is 0 Å². The maximum absolute atomic E-state index is 5.34. The van der Waals surface area contributed by atoms with Crippen LogP contribution in [0.15, 0.2) is 0 Å².